The quantitative estimate of drug-likeness (QED) is 0.842. The topological polar surface area (TPSA) is 75.6 Å². The van der Waals surface area contributed by atoms with E-state index in [1.165, 1.54) is 0 Å². The fraction of sp³-hybridized carbons (Fsp3) is 0.333. The molecule has 17 heavy (non-hydrogen) atoms. The summed E-state index contributed by atoms with van der Waals surface area (Å²) in [5.74, 6) is -1.43. The van der Waals surface area contributed by atoms with E-state index in [-0.39, 0.29) is 5.92 Å². The zero-order valence-corrected chi connectivity index (χ0v) is 9.71. The molecule has 2 N–H and O–H groups in total. The lowest BCUT2D eigenvalue weighted by Gasteiger charge is -2.17. The molecule has 1 aromatic rings. The van der Waals surface area contributed by atoms with E-state index < -0.39 is 18.2 Å². The van der Waals surface area contributed by atoms with E-state index in [1.807, 2.05) is 6.07 Å². The first-order chi connectivity index (χ1) is 8.00. The van der Waals surface area contributed by atoms with E-state index >= 15 is 0 Å². The molecule has 1 unspecified atom stereocenters. The van der Waals surface area contributed by atoms with Crippen molar-refractivity contribution in [3.63, 3.8) is 0 Å². The number of anilines is 1. The van der Waals surface area contributed by atoms with Crippen LogP contribution in [-0.4, -0.2) is 23.3 Å². The number of carbonyl (C=O) groups is 2. The molecular weight excluding hydrogens is 222 g/mol. The van der Waals surface area contributed by atoms with Crippen molar-refractivity contribution < 1.29 is 19.4 Å². The van der Waals surface area contributed by atoms with Crippen molar-refractivity contribution in [1.82, 2.24) is 0 Å². The molecular formula is C12H15NO4. The van der Waals surface area contributed by atoms with Gasteiger partial charge in [0, 0.05) is 11.6 Å². The van der Waals surface area contributed by atoms with Crippen LogP contribution < -0.4 is 5.32 Å². The van der Waals surface area contributed by atoms with Crippen molar-refractivity contribution in [2.24, 2.45) is 5.92 Å². The number of rotatable bonds is 4. The monoisotopic (exact) mass is 237 g/mol. The van der Waals surface area contributed by atoms with Gasteiger partial charge >= 0.3 is 12.1 Å². The number of benzene rings is 1. The summed E-state index contributed by atoms with van der Waals surface area (Å²) < 4.78 is 4.83. The number of hydrogen-bond acceptors (Lipinski definition) is 3. The van der Waals surface area contributed by atoms with Gasteiger partial charge in [-0.25, -0.2) is 9.59 Å². The molecule has 0 heterocycles. The van der Waals surface area contributed by atoms with E-state index in [2.05, 4.69) is 5.32 Å². The van der Waals surface area contributed by atoms with Crippen molar-refractivity contribution in [2.75, 3.05) is 5.32 Å². The first-order valence-corrected chi connectivity index (χ1v) is 5.26. The first-order valence-electron chi connectivity index (χ1n) is 5.26. The number of nitrogens with one attached hydrogen (secondary N) is 1. The van der Waals surface area contributed by atoms with E-state index in [1.54, 1.807) is 38.1 Å². The molecule has 1 amide bonds. The van der Waals surface area contributed by atoms with Gasteiger partial charge < -0.3 is 9.84 Å². The molecule has 0 saturated carbocycles. The summed E-state index contributed by atoms with van der Waals surface area (Å²) in [7, 11) is 0. The number of carboxylic acids is 1. The molecule has 5 heteroatoms. The third-order valence-electron chi connectivity index (χ3n) is 2.10. The van der Waals surface area contributed by atoms with Gasteiger partial charge in [-0.1, -0.05) is 32.0 Å². The van der Waals surface area contributed by atoms with Crippen LogP contribution in [0.2, 0.25) is 0 Å². The number of aliphatic carboxylic acids is 1. The second-order valence-corrected chi connectivity index (χ2v) is 3.90. The molecule has 0 spiro atoms. The second-order valence-electron chi connectivity index (χ2n) is 3.90. The molecule has 0 fully saturated rings. The Hall–Kier alpha value is -2.04. The van der Waals surface area contributed by atoms with Gasteiger partial charge in [0.1, 0.15) is 0 Å². The minimum Gasteiger partial charge on any atom is -0.478 e. The summed E-state index contributed by atoms with van der Waals surface area (Å²) >= 11 is 0. The molecule has 0 aliphatic rings. The maximum Gasteiger partial charge on any atom is 0.412 e. The lowest BCUT2D eigenvalue weighted by Crippen LogP contribution is -2.33. The van der Waals surface area contributed by atoms with Gasteiger partial charge in [-0.2, -0.15) is 0 Å². The maximum absolute atomic E-state index is 11.4. The molecule has 0 aromatic heterocycles. The van der Waals surface area contributed by atoms with Crippen LogP contribution in [0.5, 0.6) is 0 Å². The number of carboxylic acid groups (broad SMARTS) is 1. The van der Waals surface area contributed by atoms with Crippen LogP contribution >= 0.6 is 0 Å². The zero-order chi connectivity index (χ0) is 12.8. The van der Waals surface area contributed by atoms with Crippen molar-refractivity contribution >= 4 is 17.7 Å². The van der Waals surface area contributed by atoms with Gasteiger partial charge in [-0.3, -0.25) is 5.32 Å². The van der Waals surface area contributed by atoms with Gasteiger partial charge in [0.05, 0.1) is 0 Å². The predicted octanol–water partition coefficient (Wildman–Crippen LogP) is 2.34. The van der Waals surface area contributed by atoms with Crippen molar-refractivity contribution in [3.8, 4) is 0 Å². The molecule has 0 aliphatic heterocycles. The molecule has 1 rings (SSSR count). The Morgan fingerprint density at radius 2 is 1.82 bits per heavy atom. The Bertz CT molecular complexity index is 389. The van der Waals surface area contributed by atoms with Gasteiger partial charge in [0.15, 0.2) is 0 Å². The highest BCUT2D eigenvalue weighted by molar-refractivity contribution is 5.86. The Kier molecular flexibility index (Phi) is 4.51. The average Bonchev–Trinajstić information content (AvgIpc) is 2.26. The van der Waals surface area contributed by atoms with Crippen LogP contribution in [0.25, 0.3) is 0 Å². The normalized spacial score (nSPS) is 11.9. The summed E-state index contributed by atoms with van der Waals surface area (Å²) in [5, 5.41) is 11.3. The molecule has 1 atom stereocenters. The first kappa shape index (κ1) is 13.0. The highest BCUT2D eigenvalue weighted by atomic mass is 16.6. The third-order valence-corrected chi connectivity index (χ3v) is 2.10. The van der Waals surface area contributed by atoms with Crippen molar-refractivity contribution in [1.29, 1.82) is 0 Å². The molecule has 1 aromatic carbocycles. The number of carbonyl (C=O) groups excluding carboxylic acids is 1. The van der Waals surface area contributed by atoms with Crippen molar-refractivity contribution in [3.05, 3.63) is 30.3 Å². The molecule has 0 radical (unpaired) electrons. The van der Waals surface area contributed by atoms with Crippen molar-refractivity contribution in [2.45, 2.75) is 20.0 Å². The minimum absolute atomic E-state index is 0.283. The summed E-state index contributed by atoms with van der Waals surface area (Å²) in [5.41, 5.74) is 0.561. The van der Waals surface area contributed by atoms with Gasteiger partial charge in [0.25, 0.3) is 0 Å². The Morgan fingerprint density at radius 1 is 1.24 bits per heavy atom. The zero-order valence-electron chi connectivity index (χ0n) is 9.71. The number of hydrogen-bond donors (Lipinski definition) is 2. The highest BCUT2D eigenvalue weighted by Crippen LogP contribution is 2.10. The largest absolute Gasteiger partial charge is 0.478 e. The molecule has 0 saturated heterocycles. The molecule has 5 nitrogen and oxygen atoms in total. The lowest BCUT2D eigenvalue weighted by molar-refractivity contribution is -0.148. The summed E-state index contributed by atoms with van der Waals surface area (Å²) in [6.45, 7) is 3.35. The third kappa shape index (κ3) is 4.14. The standard InChI is InChI=1S/C12H15NO4/c1-8(2)10(11(14)15)17-12(16)13-9-6-4-3-5-7-9/h3-8,10H,1-2H3,(H,13,16)(H,14,15). The van der Waals surface area contributed by atoms with E-state index in [0.717, 1.165) is 0 Å². The van der Waals surface area contributed by atoms with E-state index in [9.17, 15) is 9.59 Å². The van der Waals surface area contributed by atoms with Gasteiger partial charge in [-0.05, 0) is 12.1 Å². The van der Waals surface area contributed by atoms with E-state index in [0.29, 0.717) is 5.69 Å². The average molecular weight is 237 g/mol. The van der Waals surface area contributed by atoms with Crippen LogP contribution in [0.4, 0.5) is 10.5 Å². The molecule has 0 bridgehead atoms. The van der Waals surface area contributed by atoms with Gasteiger partial charge in [0.2, 0.25) is 6.10 Å². The summed E-state index contributed by atoms with van der Waals surface area (Å²) in [6.07, 6.45) is -1.91. The Morgan fingerprint density at radius 3 is 2.29 bits per heavy atom. The predicted molar refractivity (Wildman–Crippen MR) is 62.8 cm³/mol. The Balaban J connectivity index is 2.57. The molecule has 0 aliphatic carbocycles. The van der Waals surface area contributed by atoms with Gasteiger partial charge in [-0.15, -0.1) is 0 Å². The summed E-state index contributed by atoms with van der Waals surface area (Å²) in [6, 6.07) is 8.70. The van der Waals surface area contributed by atoms with E-state index in [4.69, 9.17) is 9.84 Å². The van der Waals surface area contributed by atoms with Crippen LogP contribution in [0.3, 0.4) is 0 Å². The Labute approximate surface area is 99.4 Å². The summed E-state index contributed by atoms with van der Waals surface area (Å²) in [4.78, 5) is 22.3. The number of amides is 1. The van der Waals surface area contributed by atoms with Crippen LogP contribution in [0.15, 0.2) is 30.3 Å². The van der Waals surface area contributed by atoms with Crippen LogP contribution in [0.1, 0.15) is 13.8 Å². The maximum atomic E-state index is 11.4. The van der Waals surface area contributed by atoms with Crippen LogP contribution in [-0.2, 0) is 9.53 Å². The second kappa shape index (κ2) is 5.89. The fourth-order valence-electron chi connectivity index (χ4n) is 1.26. The lowest BCUT2D eigenvalue weighted by atomic mass is 10.1. The molecule has 92 valence electrons. The SMILES string of the molecule is CC(C)C(OC(=O)Nc1ccccc1)C(=O)O. The number of ether oxygens (including phenoxy) is 1. The highest BCUT2D eigenvalue weighted by Gasteiger charge is 2.25. The van der Waals surface area contributed by atoms with Crippen LogP contribution in [0, 0.1) is 5.92 Å². The minimum atomic E-state index is -1.15. The fourth-order valence-corrected chi connectivity index (χ4v) is 1.26. The smallest absolute Gasteiger partial charge is 0.412 e. The number of para-hydroxylation sites is 1.